The predicted octanol–water partition coefficient (Wildman–Crippen LogP) is 3.88. The molecule has 4 heteroatoms. The Morgan fingerprint density at radius 3 is 2.26 bits per heavy atom. The highest BCUT2D eigenvalue weighted by Crippen LogP contribution is 2.11. The van der Waals surface area contributed by atoms with Crippen molar-refractivity contribution in [2.45, 2.75) is 53.7 Å². The lowest BCUT2D eigenvalue weighted by molar-refractivity contribution is 0.0515. The summed E-state index contributed by atoms with van der Waals surface area (Å²) in [5.74, 6) is 0.850. The molecule has 2 N–H and O–H groups in total. The summed E-state index contributed by atoms with van der Waals surface area (Å²) in [7, 11) is 0. The van der Waals surface area contributed by atoms with Gasteiger partial charge in [0.15, 0.2) is 0 Å². The van der Waals surface area contributed by atoms with Crippen molar-refractivity contribution in [2.75, 3.05) is 13.1 Å². The number of hydrogen-bond acceptors (Lipinski definition) is 3. The van der Waals surface area contributed by atoms with Crippen LogP contribution in [-0.4, -0.2) is 24.8 Å². The van der Waals surface area contributed by atoms with Crippen molar-refractivity contribution in [1.82, 2.24) is 10.6 Å². The molecule has 1 amide bonds. The molecule has 23 heavy (non-hydrogen) atoms. The normalized spacial score (nSPS) is 13.0. The Labute approximate surface area is 141 Å². The van der Waals surface area contributed by atoms with E-state index in [0.29, 0.717) is 18.4 Å². The van der Waals surface area contributed by atoms with Gasteiger partial charge in [-0.25, -0.2) is 4.79 Å². The molecule has 1 rings (SSSR count). The van der Waals surface area contributed by atoms with E-state index in [0.717, 1.165) is 13.1 Å². The highest BCUT2D eigenvalue weighted by Gasteiger charge is 2.18. The molecule has 1 unspecified atom stereocenters. The molecule has 1 aromatic rings. The number of benzene rings is 1. The number of aryl methyl sites for hydroxylation is 1. The lowest BCUT2D eigenvalue weighted by Gasteiger charge is -2.24. The van der Waals surface area contributed by atoms with Crippen LogP contribution in [0.25, 0.3) is 0 Å². The van der Waals surface area contributed by atoms with E-state index in [4.69, 9.17) is 4.74 Å². The van der Waals surface area contributed by atoms with Gasteiger partial charge in [-0.05, 0) is 45.1 Å². The first-order valence-electron chi connectivity index (χ1n) is 8.40. The molecule has 0 radical (unpaired) electrons. The average molecular weight is 320 g/mol. The number of ether oxygens (including phenoxy) is 1. The van der Waals surface area contributed by atoms with E-state index in [2.05, 4.69) is 55.7 Å². The fourth-order valence-corrected chi connectivity index (χ4v) is 2.18. The summed E-state index contributed by atoms with van der Waals surface area (Å²) in [6, 6.07) is 8.54. The fourth-order valence-electron chi connectivity index (χ4n) is 2.18. The molecule has 0 saturated carbocycles. The maximum atomic E-state index is 11.8. The van der Waals surface area contributed by atoms with Crippen LogP contribution in [0.4, 0.5) is 4.79 Å². The molecule has 0 aliphatic rings. The first-order chi connectivity index (χ1) is 10.7. The predicted molar refractivity (Wildman–Crippen MR) is 95.5 cm³/mol. The van der Waals surface area contributed by atoms with Crippen LogP contribution in [0.1, 0.15) is 45.7 Å². The van der Waals surface area contributed by atoms with E-state index in [9.17, 15) is 4.79 Å². The molecule has 0 fully saturated rings. The first-order valence-corrected chi connectivity index (χ1v) is 8.40. The van der Waals surface area contributed by atoms with Crippen molar-refractivity contribution in [3.8, 4) is 0 Å². The zero-order chi connectivity index (χ0) is 17.5. The maximum absolute atomic E-state index is 11.8. The van der Waals surface area contributed by atoms with Crippen LogP contribution >= 0.6 is 0 Å². The Hall–Kier alpha value is -1.55. The van der Waals surface area contributed by atoms with Crippen LogP contribution in [0.5, 0.6) is 0 Å². The zero-order valence-corrected chi connectivity index (χ0v) is 15.4. The van der Waals surface area contributed by atoms with Gasteiger partial charge in [0.05, 0.1) is 0 Å². The summed E-state index contributed by atoms with van der Waals surface area (Å²) < 4.78 is 5.28. The number of hydrogen-bond donors (Lipinski definition) is 2. The third kappa shape index (κ3) is 8.60. The van der Waals surface area contributed by atoms with Gasteiger partial charge in [-0.1, -0.05) is 43.7 Å². The summed E-state index contributed by atoms with van der Waals surface area (Å²) in [6.45, 7) is 14.4. The molecule has 0 aliphatic heterocycles. The Morgan fingerprint density at radius 1 is 1.13 bits per heavy atom. The Balaban J connectivity index is 2.37. The lowest BCUT2D eigenvalue weighted by atomic mass is 9.95. The van der Waals surface area contributed by atoms with Gasteiger partial charge < -0.3 is 15.4 Å². The summed E-state index contributed by atoms with van der Waals surface area (Å²) >= 11 is 0. The summed E-state index contributed by atoms with van der Waals surface area (Å²) in [5, 5.41) is 6.36. The topological polar surface area (TPSA) is 50.4 Å². The van der Waals surface area contributed by atoms with Crippen molar-refractivity contribution in [1.29, 1.82) is 0 Å². The van der Waals surface area contributed by atoms with Gasteiger partial charge in [0.25, 0.3) is 0 Å². The van der Waals surface area contributed by atoms with Gasteiger partial charge >= 0.3 is 6.09 Å². The maximum Gasteiger partial charge on any atom is 0.407 e. The molecule has 4 nitrogen and oxygen atoms in total. The summed E-state index contributed by atoms with van der Waals surface area (Å²) in [5.41, 5.74) is 2.09. The van der Waals surface area contributed by atoms with Crippen LogP contribution in [0.3, 0.4) is 0 Å². The summed E-state index contributed by atoms with van der Waals surface area (Å²) in [6.07, 6.45) is -0.346. The van der Waals surface area contributed by atoms with Crippen LogP contribution in [0.15, 0.2) is 24.3 Å². The largest absolute Gasteiger partial charge is 0.444 e. The van der Waals surface area contributed by atoms with E-state index in [1.807, 2.05) is 20.8 Å². The second-order valence-corrected chi connectivity index (χ2v) is 7.50. The highest BCUT2D eigenvalue weighted by molar-refractivity contribution is 5.67. The van der Waals surface area contributed by atoms with Crippen LogP contribution in [-0.2, 0) is 11.3 Å². The third-order valence-corrected chi connectivity index (χ3v) is 3.71. The molecule has 0 heterocycles. The van der Waals surface area contributed by atoms with Gasteiger partial charge in [0.1, 0.15) is 5.60 Å². The molecule has 0 bridgehead atoms. The third-order valence-electron chi connectivity index (χ3n) is 3.71. The second kappa shape index (κ2) is 8.92. The van der Waals surface area contributed by atoms with Crippen molar-refractivity contribution in [2.24, 2.45) is 11.8 Å². The Bertz CT molecular complexity index is 475. The SMILES string of the molecule is Cc1ccc(CNCC(CNC(=O)OC(C)(C)C)C(C)C)cc1. The first kappa shape index (κ1) is 19.5. The number of amides is 1. The number of nitrogens with one attached hydrogen (secondary N) is 2. The fraction of sp³-hybridized carbons (Fsp3) is 0.632. The minimum absolute atomic E-state index is 0.346. The molecule has 1 atom stereocenters. The molecule has 0 saturated heterocycles. The van der Waals surface area contributed by atoms with Crippen LogP contribution < -0.4 is 10.6 Å². The van der Waals surface area contributed by atoms with Gasteiger partial charge in [0.2, 0.25) is 0 Å². The highest BCUT2D eigenvalue weighted by atomic mass is 16.6. The lowest BCUT2D eigenvalue weighted by Crippen LogP contribution is -2.39. The number of alkyl carbamates (subject to hydrolysis) is 1. The van der Waals surface area contributed by atoms with Crippen molar-refractivity contribution in [3.63, 3.8) is 0 Å². The second-order valence-electron chi connectivity index (χ2n) is 7.50. The van der Waals surface area contributed by atoms with Gasteiger partial charge in [0, 0.05) is 19.6 Å². The van der Waals surface area contributed by atoms with Crippen LogP contribution in [0.2, 0.25) is 0 Å². The van der Waals surface area contributed by atoms with E-state index in [1.165, 1.54) is 11.1 Å². The van der Waals surface area contributed by atoms with Gasteiger partial charge in [-0.2, -0.15) is 0 Å². The van der Waals surface area contributed by atoms with Crippen molar-refractivity contribution >= 4 is 6.09 Å². The number of carbonyl (C=O) groups excluding carboxylic acids is 1. The van der Waals surface area contributed by atoms with Crippen molar-refractivity contribution in [3.05, 3.63) is 35.4 Å². The number of rotatable bonds is 7. The molecule has 0 spiro atoms. The van der Waals surface area contributed by atoms with Crippen molar-refractivity contribution < 1.29 is 9.53 Å². The quantitative estimate of drug-likeness (QED) is 0.801. The van der Waals surface area contributed by atoms with E-state index in [1.54, 1.807) is 0 Å². The van der Waals surface area contributed by atoms with E-state index >= 15 is 0 Å². The average Bonchev–Trinajstić information content (AvgIpc) is 2.42. The van der Waals surface area contributed by atoms with E-state index < -0.39 is 5.60 Å². The standard InChI is InChI=1S/C19H32N2O2/c1-14(2)17(13-21-18(22)23-19(4,5)6)12-20-11-16-9-7-15(3)8-10-16/h7-10,14,17,20H,11-13H2,1-6H3,(H,21,22). The minimum Gasteiger partial charge on any atom is -0.444 e. The molecule has 0 aliphatic carbocycles. The monoisotopic (exact) mass is 320 g/mol. The number of carbonyl (C=O) groups is 1. The molecule has 0 aromatic heterocycles. The van der Waals surface area contributed by atoms with Gasteiger partial charge in [-0.3, -0.25) is 0 Å². The molecular formula is C19H32N2O2. The zero-order valence-electron chi connectivity index (χ0n) is 15.4. The Kier molecular flexibility index (Phi) is 7.56. The van der Waals surface area contributed by atoms with E-state index in [-0.39, 0.29) is 6.09 Å². The van der Waals surface area contributed by atoms with Crippen LogP contribution in [0, 0.1) is 18.8 Å². The smallest absolute Gasteiger partial charge is 0.407 e. The molecular weight excluding hydrogens is 288 g/mol. The summed E-state index contributed by atoms with van der Waals surface area (Å²) in [4.78, 5) is 11.8. The molecule has 130 valence electrons. The Morgan fingerprint density at radius 2 is 1.74 bits per heavy atom. The minimum atomic E-state index is -0.457. The van der Waals surface area contributed by atoms with Gasteiger partial charge in [-0.15, -0.1) is 0 Å². The molecule has 1 aromatic carbocycles.